The van der Waals surface area contributed by atoms with E-state index >= 15 is 0 Å². The van der Waals surface area contributed by atoms with Gasteiger partial charge in [0.25, 0.3) is 0 Å². The SMILES string of the molecule is C=C1C(C)(C)C(C)(C)C(C)(C)C12CCC1=C(C2)C(C)(C)C(C)(C)C1(C)C. The van der Waals surface area contributed by atoms with Crippen LogP contribution in [-0.4, -0.2) is 0 Å². The van der Waals surface area contributed by atoms with E-state index < -0.39 is 0 Å². The molecule has 1 unspecified atom stereocenters. The van der Waals surface area contributed by atoms with Crippen LogP contribution in [0.4, 0.5) is 0 Å². The maximum Gasteiger partial charge on any atom is 0.00117 e. The molecule has 1 spiro atoms. The van der Waals surface area contributed by atoms with Gasteiger partial charge in [-0.25, -0.2) is 0 Å². The predicted molar refractivity (Wildman–Crippen MR) is 115 cm³/mol. The highest BCUT2D eigenvalue weighted by Gasteiger charge is 2.70. The molecule has 0 amide bonds. The topological polar surface area (TPSA) is 0 Å². The van der Waals surface area contributed by atoms with Crippen LogP contribution in [0.15, 0.2) is 23.3 Å². The van der Waals surface area contributed by atoms with Gasteiger partial charge in [0.15, 0.2) is 0 Å². The first-order valence-electron chi connectivity index (χ1n) is 10.8. The average molecular weight is 357 g/mol. The fourth-order valence-corrected chi connectivity index (χ4v) is 7.33. The number of rotatable bonds is 0. The fourth-order valence-electron chi connectivity index (χ4n) is 7.33. The third-order valence-corrected chi connectivity index (χ3v) is 11.9. The van der Waals surface area contributed by atoms with Crippen molar-refractivity contribution in [3.8, 4) is 0 Å². The molecule has 0 aromatic rings. The third kappa shape index (κ3) is 1.70. The lowest BCUT2D eigenvalue weighted by atomic mass is 9.52. The van der Waals surface area contributed by atoms with E-state index in [1.165, 1.54) is 24.8 Å². The van der Waals surface area contributed by atoms with E-state index in [0.717, 1.165) is 0 Å². The summed E-state index contributed by atoms with van der Waals surface area (Å²) in [7, 11) is 0. The van der Waals surface area contributed by atoms with Crippen molar-refractivity contribution >= 4 is 0 Å². The summed E-state index contributed by atoms with van der Waals surface area (Å²) in [5.41, 5.74) is 6.74. The highest BCUT2D eigenvalue weighted by Crippen LogP contribution is 2.79. The molecule has 1 fully saturated rings. The van der Waals surface area contributed by atoms with Gasteiger partial charge in [-0.15, -0.1) is 0 Å². The lowest BCUT2D eigenvalue weighted by Crippen LogP contribution is -2.44. The van der Waals surface area contributed by atoms with Gasteiger partial charge < -0.3 is 0 Å². The van der Waals surface area contributed by atoms with E-state index in [4.69, 9.17) is 6.58 Å². The largest absolute Gasteiger partial charge is 0.0987 e. The van der Waals surface area contributed by atoms with Gasteiger partial charge in [-0.3, -0.25) is 0 Å². The molecule has 0 heterocycles. The van der Waals surface area contributed by atoms with E-state index in [-0.39, 0.29) is 37.9 Å². The summed E-state index contributed by atoms with van der Waals surface area (Å²) < 4.78 is 0. The van der Waals surface area contributed by atoms with E-state index in [2.05, 4.69) is 83.1 Å². The van der Waals surface area contributed by atoms with Gasteiger partial charge in [0.05, 0.1) is 0 Å². The lowest BCUT2D eigenvalue weighted by molar-refractivity contribution is -0.00960. The highest BCUT2D eigenvalue weighted by molar-refractivity contribution is 5.46. The maximum atomic E-state index is 4.79. The van der Waals surface area contributed by atoms with E-state index in [1.807, 2.05) is 0 Å². The van der Waals surface area contributed by atoms with Crippen molar-refractivity contribution in [2.75, 3.05) is 0 Å². The summed E-state index contributed by atoms with van der Waals surface area (Å²) in [4.78, 5) is 0. The van der Waals surface area contributed by atoms with Crippen LogP contribution in [-0.2, 0) is 0 Å². The Morgan fingerprint density at radius 3 is 1.46 bits per heavy atom. The zero-order valence-electron chi connectivity index (χ0n) is 19.8. The van der Waals surface area contributed by atoms with Gasteiger partial charge in [0.1, 0.15) is 0 Å². The summed E-state index contributed by atoms with van der Waals surface area (Å²) in [6, 6.07) is 0. The molecule has 0 aromatic heterocycles. The molecule has 148 valence electrons. The van der Waals surface area contributed by atoms with Crippen LogP contribution < -0.4 is 0 Å². The monoisotopic (exact) mass is 356 g/mol. The average Bonchev–Trinajstić information content (AvgIpc) is 2.64. The number of hydrogen-bond acceptors (Lipinski definition) is 0. The molecule has 0 N–H and O–H groups in total. The molecule has 0 nitrogen and oxygen atoms in total. The molecule has 0 heteroatoms. The molecule has 3 aliphatic carbocycles. The van der Waals surface area contributed by atoms with Crippen LogP contribution in [0.2, 0.25) is 0 Å². The summed E-state index contributed by atoms with van der Waals surface area (Å²) >= 11 is 0. The minimum Gasteiger partial charge on any atom is -0.0987 e. The molecule has 1 atom stereocenters. The number of allylic oxidation sites excluding steroid dienone is 3. The van der Waals surface area contributed by atoms with Gasteiger partial charge in [0, 0.05) is 5.41 Å². The minimum absolute atomic E-state index is 0.169. The Bertz CT molecular complexity index is 702. The highest BCUT2D eigenvalue weighted by atomic mass is 14.7. The second-order valence-corrected chi connectivity index (χ2v) is 12.9. The minimum atomic E-state index is 0.169. The second-order valence-electron chi connectivity index (χ2n) is 12.9. The molecule has 3 rings (SSSR count). The Morgan fingerprint density at radius 2 is 1.04 bits per heavy atom. The first kappa shape index (κ1) is 20.2. The van der Waals surface area contributed by atoms with Crippen molar-refractivity contribution in [3.63, 3.8) is 0 Å². The Balaban J connectivity index is 2.22. The Kier molecular flexibility index (Phi) is 3.67. The predicted octanol–water partition coefficient (Wildman–Crippen LogP) is 8.19. The van der Waals surface area contributed by atoms with Crippen LogP contribution in [0.3, 0.4) is 0 Å². The molecule has 0 aromatic carbocycles. The van der Waals surface area contributed by atoms with Crippen molar-refractivity contribution in [2.24, 2.45) is 37.9 Å². The molecular weight excluding hydrogens is 312 g/mol. The molecule has 26 heavy (non-hydrogen) atoms. The Hall–Kier alpha value is -0.520. The zero-order chi connectivity index (χ0) is 20.4. The van der Waals surface area contributed by atoms with Gasteiger partial charge >= 0.3 is 0 Å². The second kappa shape index (κ2) is 4.72. The summed E-state index contributed by atoms with van der Waals surface area (Å²) in [5.74, 6) is 0. The molecular formula is C26H44. The van der Waals surface area contributed by atoms with E-state index in [1.54, 1.807) is 11.1 Å². The normalized spacial score (nSPS) is 37.9. The van der Waals surface area contributed by atoms with E-state index in [9.17, 15) is 0 Å². The molecule has 0 aliphatic heterocycles. The van der Waals surface area contributed by atoms with Crippen molar-refractivity contribution in [1.29, 1.82) is 0 Å². The summed E-state index contributed by atoms with van der Waals surface area (Å²) in [6.45, 7) is 34.8. The van der Waals surface area contributed by atoms with Gasteiger partial charge in [-0.1, -0.05) is 106 Å². The van der Waals surface area contributed by atoms with Crippen molar-refractivity contribution in [1.82, 2.24) is 0 Å². The Morgan fingerprint density at radius 1 is 0.577 bits per heavy atom. The molecule has 0 saturated heterocycles. The summed E-state index contributed by atoms with van der Waals surface area (Å²) in [5, 5.41) is 0. The standard InChI is InChI=1S/C26H44/c1-17-20(2,3)24(10,11)25(12,13)26(17)15-14-18-19(16-26)22(6,7)23(8,9)21(18,4)5/h1,14-16H2,2-13H3. The smallest absolute Gasteiger partial charge is 0.00117 e. The first-order chi connectivity index (χ1) is 11.3. The molecule has 0 bridgehead atoms. The van der Waals surface area contributed by atoms with Crippen LogP contribution >= 0.6 is 0 Å². The van der Waals surface area contributed by atoms with Gasteiger partial charge in [0.2, 0.25) is 0 Å². The third-order valence-electron chi connectivity index (χ3n) is 11.9. The van der Waals surface area contributed by atoms with Crippen LogP contribution in [0, 0.1) is 37.9 Å². The number of hydrogen-bond donors (Lipinski definition) is 0. The molecule has 0 radical (unpaired) electrons. The van der Waals surface area contributed by atoms with Crippen LogP contribution in [0.5, 0.6) is 0 Å². The van der Waals surface area contributed by atoms with Gasteiger partial charge in [-0.2, -0.15) is 0 Å². The fraction of sp³-hybridized carbons (Fsp3) is 0.846. The van der Waals surface area contributed by atoms with Crippen LogP contribution in [0.25, 0.3) is 0 Å². The van der Waals surface area contributed by atoms with E-state index in [0.29, 0.717) is 0 Å². The first-order valence-corrected chi connectivity index (χ1v) is 10.8. The summed E-state index contributed by atoms with van der Waals surface area (Å²) in [6.07, 6.45) is 3.75. The van der Waals surface area contributed by atoms with Crippen molar-refractivity contribution in [3.05, 3.63) is 23.3 Å². The maximum absolute atomic E-state index is 4.79. The van der Waals surface area contributed by atoms with Gasteiger partial charge in [-0.05, 0) is 51.8 Å². The Labute approximate surface area is 163 Å². The van der Waals surface area contributed by atoms with Crippen molar-refractivity contribution in [2.45, 2.75) is 102 Å². The lowest BCUT2D eigenvalue weighted by Gasteiger charge is -2.52. The molecule has 3 aliphatic rings. The van der Waals surface area contributed by atoms with Crippen molar-refractivity contribution < 1.29 is 0 Å². The zero-order valence-corrected chi connectivity index (χ0v) is 19.8. The van der Waals surface area contributed by atoms with Crippen LogP contribution in [0.1, 0.15) is 102 Å². The molecule has 1 saturated carbocycles. The quantitative estimate of drug-likeness (QED) is 0.384.